The van der Waals surface area contributed by atoms with Crippen LogP contribution in [-0.2, 0) is 11.2 Å². The van der Waals surface area contributed by atoms with Crippen molar-refractivity contribution >= 4 is 28.1 Å². The Morgan fingerprint density at radius 1 is 1.03 bits per heavy atom. The molecule has 146 valence electrons. The molecule has 0 amide bonds. The molecular formula is C22H19N3O3S. The maximum Gasteiger partial charge on any atom is 0.161 e. The van der Waals surface area contributed by atoms with Gasteiger partial charge in [0.05, 0.1) is 6.10 Å². The number of aliphatic hydroxyl groups is 1. The number of hydrogen-bond acceptors (Lipinski definition) is 6. The van der Waals surface area contributed by atoms with Crippen molar-refractivity contribution in [3.8, 4) is 22.5 Å². The molecule has 1 aliphatic heterocycles. The number of aliphatic hydroxyl groups excluding tert-OH is 1. The van der Waals surface area contributed by atoms with E-state index in [0.29, 0.717) is 24.4 Å². The largest absolute Gasteiger partial charge is 0.612 e. The molecule has 3 aromatic heterocycles. The van der Waals surface area contributed by atoms with Crippen LogP contribution in [0.15, 0.2) is 70.2 Å². The van der Waals surface area contributed by atoms with Gasteiger partial charge in [0.25, 0.3) is 0 Å². The Labute approximate surface area is 171 Å². The lowest BCUT2D eigenvalue weighted by atomic mass is 10.1. The lowest BCUT2D eigenvalue weighted by Crippen LogP contribution is -2.51. The second-order valence-corrected chi connectivity index (χ2v) is 8.50. The number of pyridine rings is 2. The van der Waals surface area contributed by atoms with E-state index in [1.54, 1.807) is 18.6 Å². The summed E-state index contributed by atoms with van der Waals surface area (Å²) in [6, 6.07) is 15.3. The lowest BCUT2D eigenvalue weighted by molar-refractivity contribution is 0.141. The van der Waals surface area contributed by atoms with Crippen molar-refractivity contribution in [2.75, 3.05) is 24.2 Å². The number of rotatable bonds is 4. The molecule has 0 bridgehead atoms. The van der Waals surface area contributed by atoms with Crippen molar-refractivity contribution in [1.29, 1.82) is 0 Å². The van der Waals surface area contributed by atoms with E-state index in [2.05, 4.69) is 9.97 Å². The van der Waals surface area contributed by atoms with Crippen LogP contribution in [0.5, 0.6) is 0 Å². The first-order chi connectivity index (χ1) is 14.1. The van der Waals surface area contributed by atoms with E-state index in [1.165, 1.54) is 0 Å². The summed E-state index contributed by atoms with van der Waals surface area (Å²) in [6.45, 7) is 1.21. The van der Waals surface area contributed by atoms with E-state index in [-0.39, 0.29) is 6.10 Å². The second kappa shape index (κ2) is 7.18. The molecule has 1 aromatic carbocycles. The monoisotopic (exact) mass is 405 g/mol. The number of furan rings is 1. The highest BCUT2D eigenvalue weighted by Gasteiger charge is 2.25. The maximum absolute atomic E-state index is 11.6. The molecule has 1 fully saturated rings. The molecule has 1 aliphatic rings. The molecule has 6 nitrogen and oxygen atoms in total. The summed E-state index contributed by atoms with van der Waals surface area (Å²) < 4.78 is 17.8. The van der Waals surface area contributed by atoms with Gasteiger partial charge >= 0.3 is 0 Å². The minimum atomic E-state index is -1.01. The van der Waals surface area contributed by atoms with Gasteiger partial charge in [-0.05, 0) is 59.2 Å². The molecule has 29 heavy (non-hydrogen) atoms. The minimum Gasteiger partial charge on any atom is -0.612 e. The predicted octanol–water partition coefficient (Wildman–Crippen LogP) is 3.48. The average Bonchev–Trinajstić information content (AvgIpc) is 3.16. The third kappa shape index (κ3) is 3.37. The Morgan fingerprint density at radius 3 is 2.52 bits per heavy atom. The fourth-order valence-corrected chi connectivity index (χ4v) is 4.04. The fourth-order valence-electron chi connectivity index (χ4n) is 3.52. The molecule has 1 saturated heterocycles. The number of nitrogens with zero attached hydrogens (tertiary/aromatic N) is 3. The summed E-state index contributed by atoms with van der Waals surface area (Å²) in [5.41, 5.74) is 4.33. The van der Waals surface area contributed by atoms with Crippen LogP contribution in [0, 0.1) is 0 Å². The highest BCUT2D eigenvalue weighted by atomic mass is 32.2. The minimum absolute atomic E-state index is 0.280. The highest BCUT2D eigenvalue weighted by molar-refractivity contribution is 7.90. The molecule has 0 saturated carbocycles. The Morgan fingerprint density at radius 2 is 1.79 bits per heavy atom. The third-order valence-electron chi connectivity index (χ3n) is 5.13. The van der Waals surface area contributed by atoms with Crippen molar-refractivity contribution < 1.29 is 14.1 Å². The molecule has 0 spiro atoms. The third-order valence-corrected chi connectivity index (χ3v) is 6.06. The number of anilines is 1. The molecule has 1 atom stereocenters. The first-order valence-corrected chi connectivity index (χ1v) is 10.9. The van der Waals surface area contributed by atoms with Crippen LogP contribution in [-0.4, -0.2) is 45.1 Å². The number of aromatic nitrogens is 2. The Kier molecular flexibility index (Phi) is 4.50. The van der Waals surface area contributed by atoms with E-state index in [9.17, 15) is 9.66 Å². The zero-order valence-corrected chi connectivity index (χ0v) is 16.6. The lowest BCUT2D eigenvalue weighted by Gasteiger charge is -2.36. The molecule has 7 heteroatoms. The molecule has 4 aromatic rings. The fraction of sp³-hybridized carbons (Fsp3) is 0.182. The van der Waals surface area contributed by atoms with Gasteiger partial charge in [0, 0.05) is 42.7 Å². The van der Waals surface area contributed by atoms with E-state index in [1.807, 2.05) is 53.4 Å². The van der Waals surface area contributed by atoms with E-state index in [0.717, 1.165) is 32.9 Å². The van der Waals surface area contributed by atoms with Crippen LogP contribution in [0.3, 0.4) is 0 Å². The van der Waals surface area contributed by atoms with Crippen molar-refractivity contribution in [3.63, 3.8) is 0 Å². The molecule has 4 heterocycles. The van der Waals surface area contributed by atoms with Gasteiger partial charge in [-0.15, -0.1) is 0 Å². The number of fused-ring (bicyclic) bond motifs is 1. The van der Waals surface area contributed by atoms with Gasteiger partial charge in [-0.3, -0.25) is 4.98 Å². The SMILES string of the molecule is C[S+]([O-])c1ccc(-c2cc3nccc(-c4ccnc(N5CC(O)C5)c4)c3o2)cc1. The van der Waals surface area contributed by atoms with E-state index >= 15 is 0 Å². The summed E-state index contributed by atoms with van der Waals surface area (Å²) in [5, 5.41) is 9.56. The molecule has 0 aliphatic carbocycles. The first kappa shape index (κ1) is 18.2. The van der Waals surface area contributed by atoms with Crippen LogP contribution in [0.4, 0.5) is 5.82 Å². The van der Waals surface area contributed by atoms with Crippen LogP contribution in [0.25, 0.3) is 33.6 Å². The van der Waals surface area contributed by atoms with Gasteiger partial charge in [0.2, 0.25) is 0 Å². The normalized spacial score (nSPS) is 15.5. The average molecular weight is 405 g/mol. The molecule has 0 radical (unpaired) electrons. The van der Waals surface area contributed by atoms with Crippen molar-refractivity contribution in [2.45, 2.75) is 11.0 Å². The van der Waals surface area contributed by atoms with Gasteiger partial charge in [0.15, 0.2) is 10.5 Å². The Bertz CT molecular complexity index is 1170. The zero-order valence-electron chi connectivity index (χ0n) is 15.8. The van der Waals surface area contributed by atoms with Crippen molar-refractivity contribution in [3.05, 3.63) is 60.9 Å². The summed E-state index contributed by atoms with van der Waals surface area (Å²) in [5.74, 6) is 1.56. The highest BCUT2D eigenvalue weighted by Crippen LogP contribution is 2.35. The summed E-state index contributed by atoms with van der Waals surface area (Å²) >= 11 is -1.01. The second-order valence-electron chi connectivity index (χ2n) is 7.12. The van der Waals surface area contributed by atoms with Crippen molar-refractivity contribution in [1.82, 2.24) is 9.97 Å². The smallest absolute Gasteiger partial charge is 0.161 e. The zero-order chi connectivity index (χ0) is 20.0. The number of β-amino-alcohol motifs (C(OH)–C–C–N with tert-alkyl or cyclic N) is 1. The standard InChI is InChI=1S/C22H19N3O3S/c1-29(27)17-4-2-14(3-5-17)20-11-19-22(28-20)18(7-9-23-19)15-6-8-24-21(10-15)25-12-16(26)13-25/h2-11,16,26H,12-13H2,1H3. The van der Waals surface area contributed by atoms with E-state index < -0.39 is 11.2 Å². The molecule has 5 rings (SSSR count). The molecule has 1 unspecified atom stereocenters. The van der Waals surface area contributed by atoms with Gasteiger partial charge in [0.1, 0.15) is 23.4 Å². The van der Waals surface area contributed by atoms with Crippen LogP contribution in [0.1, 0.15) is 0 Å². The van der Waals surface area contributed by atoms with Gasteiger partial charge in [-0.25, -0.2) is 4.98 Å². The Balaban J connectivity index is 1.53. The first-order valence-electron chi connectivity index (χ1n) is 9.30. The van der Waals surface area contributed by atoms with Gasteiger partial charge in [-0.1, -0.05) is 0 Å². The van der Waals surface area contributed by atoms with Gasteiger partial charge < -0.3 is 19.0 Å². The molecule has 1 N–H and O–H groups in total. The Hall–Kier alpha value is -2.87. The number of hydrogen-bond donors (Lipinski definition) is 1. The topological polar surface area (TPSA) is 85.5 Å². The molecular weight excluding hydrogens is 386 g/mol. The predicted molar refractivity (Wildman–Crippen MR) is 113 cm³/mol. The van der Waals surface area contributed by atoms with Gasteiger partial charge in [-0.2, -0.15) is 0 Å². The van der Waals surface area contributed by atoms with Crippen LogP contribution >= 0.6 is 0 Å². The van der Waals surface area contributed by atoms with Crippen molar-refractivity contribution in [2.24, 2.45) is 0 Å². The van der Waals surface area contributed by atoms with Crippen LogP contribution < -0.4 is 4.90 Å². The number of benzene rings is 1. The quantitative estimate of drug-likeness (QED) is 0.523. The maximum atomic E-state index is 11.6. The summed E-state index contributed by atoms with van der Waals surface area (Å²) in [6.07, 6.45) is 4.93. The van der Waals surface area contributed by atoms with E-state index in [4.69, 9.17) is 4.42 Å². The van der Waals surface area contributed by atoms with Crippen LogP contribution in [0.2, 0.25) is 0 Å². The summed E-state index contributed by atoms with van der Waals surface area (Å²) in [7, 11) is 0. The summed E-state index contributed by atoms with van der Waals surface area (Å²) in [4.78, 5) is 11.7.